The van der Waals surface area contributed by atoms with E-state index in [9.17, 15) is 4.79 Å². The average Bonchev–Trinajstić information content (AvgIpc) is 3.30. The van der Waals surface area contributed by atoms with Gasteiger partial charge in [-0.1, -0.05) is 37.6 Å². The van der Waals surface area contributed by atoms with Gasteiger partial charge < -0.3 is 14.2 Å². The zero-order valence-corrected chi connectivity index (χ0v) is 21.5. The number of carbonyl (C=O) groups excluding carboxylic acids is 1. The van der Waals surface area contributed by atoms with Gasteiger partial charge in [-0.2, -0.15) is 0 Å². The minimum atomic E-state index is -0.390. The van der Waals surface area contributed by atoms with Crippen molar-refractivity contribution in [3.8, 4) is 17.4 Å². The van der Waals surface area contributed by atoms with Crippen LogP contribution >= 0.6 is 11.6 Å². The molecule has 8 nitrogen and oxygen atoms in total. The first-order valence-electron chi connectivity index (χ1n) is 12.0. The Balaban J connectivity index is 1.45. The van der Waals surface area contributed by atoms with E-state index in [1.807, 2.05) is 24.3 Å². The highest BCUT2D eigenvalue weighted by Crippen LogP contribution is 2.50. The summed E-state index contributed by atoms with van der Waals surface area (Å²) in [4.78, 5) is 22.9. The number of aromatic nitrogens is 4. The van der Waals surface area contributed by atoms with Crippen molar-refractivity contribution in [2.45, 2.75) is 39.2 Å². The molecule has 0 fully saturated rings. The van der Waals surface area contributed by atoms with Crippen LogP contribution in [0.4, 0.5) is 0 Å². The summed E-state index contributed by atoms with van der Waals surface area (Å²) in [6.45, 7) is 4.32. The molecule has 2 aromatic heterocycles. The molecular formula is C28H25ClN4O4. The van der Waals surface area contributed by atoms with E-state index >= 15 is 0 Å². The van der Waals surface area contributed by atoms with Crippen LogP contribution in [-0.4, -0.2) is 32.5 Å². The second-order valence-electron chi connectivity index (χ2n) is 10.1. The molecule has 0 bridgehead atoms. The summed E-state index contributed by atoms with van der Waals surface area (Å²) >= 11 is 5.97. The van der Waals surface area contributed by atoms with Gasteiger partial charge >= 0.3 is 0 Å². The quantitative estimate of drug-likeness (QED) is 0.344. The topological polar surface area (TPSA) is 87.8 Å². The van der Waals surface area contributed by atoms with E-state index in [2.05, 4.69) is 23.9 Å². The number of nitrogens with zero attached hydrogens (tertiary/aromatic N) is 4. The minimum absolute atomic E-state index is 0.0746. The lowest BCUT2D eigenvalue weighted by Crippen LogP contribution is -2.33. The Hall–Kier alpha value is -3.91. The molecule has 0 unspecified atom stereocenters. The van der Waals surface area contributed by atoms with Crippen molar-refractivity contribution in [3.63, 3.8) is 0 Å². The number of ketones is 1. The third-order valence-electron chi connectivity index (χ3n) is 6.74. The van der Waals surface area contributed by atoms with Crippen LogP contribution in [-0.2, 0) is 11.4 Å². The second kappa shape index (κ2) is 8.88. The predicted molar refractivity (Wildman–Crippen MR) is 137 cm³/mol. The van der Waals surface area contributed by atoms with Crippen molar-refractivity contribution in [2.24, 2.45) is 5.41 Å². The molecule has 3 heterocycles. The number of hydrogen-bond acceptors (Lipinski definition) is 7. The summed E-state index contributed by atoms with van der Waals surface area (Å²) in [5.74, 6) is 2.68. The van der Waals surface area contributed by atoms with Gasteiger partial charge in [0.25, 0.3) is 0 Å². The lowest BCUT2D eigenvalue weighted by molar-refractivity contribution is -0.118. The number of carbonyl (C=O) groups is 1. The molecule has 0 N–H and O–H groups in total. The average molecular weight is 517 g/mol. The van der Waals surface area contributed by atoms with Crippen LogP contribution in [0.25, 0.3) is 5.65 Å². The molecular weight excluding hydrogens is 492 g/mol. The number of Topliss-reactive ketones (excluding diaryl/α,β-unsaturated/α-hetero) is 1. The van der Waals surface area contributed by atoms with Crippen molar-refractivity contribution < 1.29 is 19.0 Å². The van der Waals surface area contributed by atoms with Gasteiger partial charge in [0, 0.05) is 29.4 Å². The van der Waals surface area contributed by atoms with Crippen LogP contribution in [0.1, 0.15) is 49.6 Å². The summed E-state index contributed by atoms with van der Waals surface area (Å²) in [5.41, 5.74) is 2.69. The fraction of sp³-hybridized carbons (Fsp3) is 0.286. The fourth-order valence-electron chi connectivity index (χ4n) is 5.06. The van der Waals surface area contributed by atoms with E-state index in [1.54, 1.807) is 42.2 Å². The van der Waals surface area contributed by atoms with Crippen LogP contribution in [0.15, 0.2) is 66.2 Å². The highest BCUT2D eigenvalue weighted by Gasteiger charge is 2.44. The summed E-state index contributed by atoms with van der Waals surface area (Å²) in [6, 6.07) is 14.8. The molecule has 1 aliphatic carbocycles. The van der Waals surface area contributed by atoms with E-state index in [-0.39, 0.29) is 17.8 Å². The molecule has 188 valence electrons. The molecule has 0 radical (unpaired) electrons. The smallest absolute Gasteiger partial charge is 0.228 e. The summed E-state index contributed by atoms with van der Waals surface area (Å²) < 4.78 is 19.1. The molecule has 2 aromatic carbocycles. The van der Waals surface area contributed by atoms with E-state index in [0.29, 0.717) is 57.9 Å². The first-order valence-corrected chi connectivity index (χ1v) is 12.4. The molecule has 0 saturated carbocycles. The maximum atomic E-state index is 13.5. The Morgan fingerprint density at radius 2 is 1.81 bits per heavy atom. The molecule has 9 heteroatoms. The maximum Gasteiger partial charge on any atom is 0.228 e. The lowest BCUT2D eigenvalue weighted by Gasteiger charge is -2.37. The molecule has 2 aliphatic rings. The highest BCUT2D eigenvalue weighted by atomic mass is 35.5. The standard InChI is InChI=1S/C28H25ClN4O4/c1-28(2)12-20(34)24-21(13-28)37-27-25(23(24)16-4-8-18(35-3)9-5-16)26-31-22(32-33(26)15-30-27)14-36-19-10-6-17(29)7-11-19/h4-11,15,23H,12-14H2,1-3H3/t23-/m1/s1. The van der Waals surface area contributed by atoms with Crippen molar-refractivity contribution >= 4 is 23.0 Å². The molecule has 1 aliphatic heterocycles. The van der Waals surface area contributed by atoms with Crippen LogP contribution in [0.3, 0.4) is 0 Å². The normalized spacial score (nSPS) is 18.3. The summed E-state index contributed by atoms with van der Waals surface area (Å²) in [6.07, 6.45) is 2.68. The number of methoxy groups -OCH3 is 1. The van der Waals surface area contributed by atoms with Crippen molar-refractivity contribution in [3.05, 3.63) is 88.2 Å². The Kier molecular flexibility index (Phi) is 5.64. The van der Waals surface area contributed by atoms with E-state index in [4.69, 9.17) is 30.8 Å². The second-order valence-corrected chi connectivity index (χ2v) is 10.5. The highest BCUT2D eigenvalue weighted by molar-refractivity contribution is 6.30. The molecule has 0 saturated heterocycles. The summed E-state index contributed by atoms with van der Waals surface area (Å²) in [7, 11) is 1.63. The third kappa shape index (κ3) is 4.31. The Morgan fingerprint density at radius 1 is 1.08 bits per heavy atom. The number of benzene rings is 2. The number of fused-ring (bicyclic) bond motifs is 3. The van der Waals surface area contributed by atoms with Gasteiger partial charge in [-0.25, -0.2) is 14.5 Å². The maximum absolute atomic E-state index is 13.5. The van der Waals surface area contributed by atoms with Crippen molar-refractivity contribution in [1.29, 1.82) is 0 Å². The predicted octanol–water partition coefficient (Wildman–Crippen LogP) is 5.53. The van der Waals surface area contributed by atoms with Gasteiger partial charge in [-0.15, -0.1) is 5.10 Å². The van der Waals surface area contributed by atoms with Crippen molar-refractivity contribution in [1.82, 2.24) is 19.6 Å². The van der Waals surface area contributed by atoms with Gasteiger partial charge in [0.05, 0.1) is 12.7 Å². The zero-order chi connectivity index (χ0) is 25.7. The molecule has 37 heavy (non-hydrogen) atoms. The molecule has 1 atom stereocenters. The van der Waals surface area contributed by atoms with Gasteiger partial charge in [-0.3, -0.25) is 4.79 Å². The number of allylic oxidation sites excluding steroid dienone is 2. The molecule has 6 rings (SSSR count). The zero-order valence-electron chi connectivity index (χ0n) is 20.7. The molecule has 4 aromatic rings. The summed E-state index contributed by atoms with van der Waals surface area (Å²) in [5, 5.41) is 5.20. The van der Waals surface area contributed by atoms with E-state index in [0.717, 1.165) is 11.3 Å². The molecule has 0 spiro atoms. The first-order chi connectivity index (χ1) is 17.8. The van der Waals surface area contributed by atoms with Crippen LogP contribution in [0.2, 0.25) is 5.02 Å². The largest absolute Gasteiger partial charge is 0.497 e. The van der Waals surface area contributed by atoms with Gasteiger partial charge in [-0.05, 0) is 47.4 Å². The fourth-order valence-corrected chi connectivity index (χ4v) is 5.19. The van der Waals surface area contributed by atoms with Gasteiger partial charge in [0.15, 0.2) is 17.3 Å². The number of ether oxygens (including phenoxy) is 3. The monoisotopic (exact) mass is 516 g/mol. The third-order valence-corrected chi connectivity index (χ3v) is 6.99. The first kappa shape index (κ1) is 23.5. The number of halogens is 1. The number of hydrogen-bond donors (Lipinski definition) is 0. The van der Waals surface area contributed by atoms with Crippen LogP contribution in [0.5, 0.6) is 17.4 Å². The van der Waals surface area contributed by atoms with Gasteiger partial charge in [0.2, 0.25) is 5.88 Å². The minimum Gasteiger partial charge on any atom is -0.497 e. The molecule has 0 amide bonds. The van der Waals surface area contributed by atoms with Crippen molar-refractivity contribution in [2.75, 3.05) is 7.11 Å². The Morgan fingerprint density at radius 3 is 2.54 bits per heavy atom. The van der Waals surface area contributed by atoms with E-state index in [1.165, 1.54) is 0 Å². The lowest BCUT2D eigenvalue weighted by atomic mass is 9.70. The van der Waals surface area contributed by atoms with Crippen LogP contribution < -0.4 is 14.2 Å². The number of rotatable bonds is 5. The SMILES string of the molecule is COc1ccc([C@@H]2C3=C(CC(C)(C)CC3=O)Oc3ncn4nc(COc5ccc(Cl)cc5)nc4c32)cc1. The van der Waals surface area contributed by atoms with Crippen LogP contribution in [0, 0.1) is 5.41 Å². The van der Waals surface area contributed by atoms with E-state index < -0.39 is 5.92 Å². The Bertz CT molecular complexity index is 1540. The Labute approximate surface area is 218 Å². The van der Waals surface area contributed by atoms with Gasteiger partial charge in [0.1, 0.15) is 30.2 Å².